The Kier molecular flexibility index (Phi) is 4.43. The van der Waals surface area contributed by atoms with Crippen LogP contribution in [0, 0.1) is 23.1 Å². The number of nitrogens with zero attached hydrogens (tertiary/aromatic N) is 4. The van der Waals surface area contributed by atoms with E-state index < -0.39 is 29.1 Å². The van der Waals surface area contributed by atoms with Crippen LogP contribution in [-0.2, 0) is 18.0 Å². The van der Waals surface area contributed by atoms with Crippen LogP contribution in [0.25, 0.3) is 5.65 Å². The van der Waals surface area contributed by atoms with Gasteiger partial charge in [0, 0.05) is 25.5 Å². The van der Waals surface area contributed by atoms with E-state index in [1.54, 1.807) is 0 Å². The molecule has 2 aliphatic rings. The van der Waals surface area contributed by atoms with Gasteiger partial charge in [-0.1, -0.05) is 12.1 Å². The Morgan fingerprint density at radius 3 is 2.45 bits per heavy atom. The molecule has 2 aromatic heterocycles. The van der Waals surface area contributed by atoms with Gasteiger partial charge in [0.05, 0.1) is 11.5 Å². The van der Waals surface area contributed by atoms with Gasteiger partial charge in [-0.2, -0.15) is 18.4 Å². The van der Waals surface area contributed by atoms with Gasteiger partial charge in [-0.05, 0) is 42.5 Å². The highest BCUT2D eigenvalue weighted by Crippen LogP contribution is 2.47. The van der Waals surface area contributed by atoms with E-state index in [9.17, 15) is 22.8 Å². The van der Waals surface area contributed by atoms with Crippen molar-refractivity contribution in [2.45, 2.75) is 49.8 Å². The Hall–Kier alpha value is -3.15. The molecule has 3 aromatic rings. The third kappa shape index (κ3) is 3.50. The zero-order chi connectivity index (χ0) is 21.8. The number of pyridine rings is 1. The second-order valence-corrected chi connectivity index (χ2v) is 8.36. The molecule has 31 heavy (non-hydrogen) atoms. The molecule has 0 N–H and O–H groups in total. The quantitative estimate of drug-likeness (QED) is 0.544. The monoisotopic (exact) mass is 430 g/mol. The Morgan fingerprint density at radius 2 is 1.84 bits per heavy atom. The summed E-state index contributed by atoms with van der Waals surface area (Å²) in [7, 11) is 0. The lowest BCUT2D eigenvalue weighted by molar-refractivity contribution is -0.138. The Labute approximate surface area is 175 Å². The minimum atomic E-state index is -4.67. The fourth-order valence-corrected chi connectivity index (χ4v) is 4.21. The second-order valence-electron chi connectivity index (χ2n) is 8.36. The van der Waals surface area contributed by atoms with Crippen molar-refractivity contribution in [3.8, 4) is 11.8 Å². The first-order valence-electron chi connectivity index (χ1n) is 10.1. The minimum Gasteiger partial charge on any atom is -0.489 e. The van der Waals surface area contributed by atoms with Crippen LogP contribution in [-0.4, -0.2) is 20.7 Å². The van der Waals surface area contributed by atoms with E-state index in [2.05, 4.69) is 16.3 Å². The number of hydrogen-bond donors (Lipinski definition) is 0. The fourth-order valence-electron chi connectivity index (χ4n) is 4.21. The lowest BCUT2D eigenvalue weighted by Gasteiger charge is -2.42. The van der Waals surface area contributed by atoms with E-state index in [-0.39, 0.29) is 24.2 Å². The van der Waals surface area contributed by atoms with Crippen LogP contribution in [0.2, 0.25) is 0 Å². The van der Waals surface area contributed by atoms with Crippen molar-refractivity contribution in [1.29, 1.82) is 5.26 Å². The molecule has 0 atom stereocenters. The summed E-state index contributed by atoms with van der Waals surface area (Å²) in [6.07, 6.45) is -0.583. The van der Waals surface area contributed by atoms with Gasteiger partial charge >= 0.3 is 6.18 Å². The van der Waals surface area contributed by atoms with Gasteiger partial charge in [-0.15, -0.1) is 10.2 Å². The Bertz CT molecular complexity index is 1170. The molecule has 0 spiro atoms. The topological polar surface area (TPSA) is 63.2 Å². The van der Waals surface area contributed by atoms with Crippen LogP contribution in [0.15, 0.2) is 36.5 Å². The highest BCUT2D eigenvalue weighted by molar-refractivity contribution is 5.57. The normalized spacial score (nSPS) is 23.4. The predicted octanol–water partition coefficient (Wildman–Crippen LogP) is 4.84. The van der Waals surface area contributed by atoms with Gasteiger partial charge in [0.15, 0.2) is 5.65 Å². The molecule has 2 heterocycles. The number of fused-ring (bicyclic) bond motifs is 1. The van der Waals surface area contributed by atoms with Crippen LogP contribution >= 0.6 is 0 Å². The van der Waals surface area contributed by atoms with Crippen LogP contribution in [0.4, 0.5) is 17.6 Å². The molecule has 0 aliphatic heterocycles. The van der Waals surface area contributed by atoms with E-state index >= 15 is 0 Å². The smallest absolute Gasteiger partial charge is 0.423 e. The maximum Gasteiger partial charge on any atom is 0.423 e. The van der Waals surface area contributed by atoms with Crippen LogP contribution in [0.5, 0.6) is 5.75 Å². The molecule has 2 fully saturated rings. The van der Waals surface area contributed by atoms with Crippen LogP contribution in [0.3, 0.4) is 0 Å². The van der Waals surface area contributed by atoms with Crippen molar-refractivity contribution >= 4 is 5.65 Å². The predicted molar refractivity (Wildman–Crippen MR) is 102 cm³/mol. The van der Waals surface area contributed by atoms with Gasteiger partial charge in [-0.25, -0.2) is 4.39 Å². The first-order chi connectivity index (χ1) is 14.8. The number of benzene rings is 1. The molecule has 160 valence electrons. The van der Waals surface area contributed by atoms with Crippen molar-refractivity contribution in [3.05, 3.63) is 59.3 Å². The second kappa shape index (κ2) is 6.94. The highest BCUT2D eigenvalue weighted by Gasteiger charge is 2.49. The van der Waals surface area contributed by atoms with E-state index in [1.807, 2.05) is 0 Å². The van der Waals surface area contributed by atoms with Crippen molar-refractivity contribution in [2.24, 2.45) is 5.92 Å². The number of halogens is 4. The molecule has 5 nitrogen and oxygen atoms in total. The van der Waals surface area contributed by atoms with E-state index in [4.69, 9.17) is 4.74 Å². The number of aromatic nitrogens is 3. The summed E-state index contributed by atoms with van der Waals surface area (Å²) in [5.74, 6) is 0.235. The molecule has 0 saturated heterocycles. The Balaban J connectivity index is 1.42. The van der Waals surface area contributed by atoms with Gasteiger partial charge in [-0.3, -0.25) is 4.40 Å². The first-order valence-corrected chi connectivity index (χ1v) is 10.1. The van der Waals surface area contributed by atoms with Crippen molar-refractivity contribution in [3.63, 3.8) is 0 Å². The summed E-state index contributed by atoms with van der Waals surface area (Å²) >= 11 is 0. The summed E-state index contributed by atoms with van der Waals surface area (Å²) in [6, 6.07) is 9.10. The Morgan fingerprint density at radius 1 is 1.13 bits per heavy atom. The molecule has 2 saturated carbocycles. The average molecular weight is 430 g/mol. The van der Waals surface area contributed by atoms with Gasteiger partial charge in [0.1, 0.15) is 29.1 Å². The fraction of sp³-hybridized carbons (Fsp3) is 0.409. The first kappa shape index (κ1) is 19.8. The lowest BCUT2D eigenvalue weighted by atomic mass is 9.63. The van der Waals surface area contributed by atoms with Crippen molar-refractivity contribution < 1.29 is 22.3 Å². The molecule has 0 amide bonds. The minimum absolute atomic E-state index is 0.219. The molecular formula is C22H18F4N4O. The van der Waals surface area contributed by atoms with Crippen molar-refractivity contribution in [2.75, 3.05) is 0 Å². The highest BCUT2D eigenvalue weighted by atomic mass is 19.4. The number of rotatable bonds is 5. The molecule has 9 heteroatoms. The largest absolute Gasteiger partial charge is 0.489 e. The van der Waals surface area contributed by atoms with E-state index in [0.29, 0.717) is 23.7 Å². The number of hydrogen-bond acceptors (Lipinski definition) is 4. The lowest BCUT2D eigenvalue weighted by Crippen LogP contribution is -2.46. The summed E-state index contributed by atoms with van der Waals surface area (Å²) < 4.78 is 62.0. The maximum atomic E-state index is 13.9. The van der Waals surface area contributed by atoms with Gasteiger partial charge < -0.3 is 4.74 Å². The SMILES string of the molecule is N#C[C@]1(c2ccc(F)cc2)C[C@@H](Oc2ccn3c(CC4CC4)nnc3c2C(F)(F)F)C1. The molecule has 0 unspecified atom stereocenters. The van der Waals surface area contributed by atoms with E-state index in [0.717, 1.165) is 12.8 Å². The summed E-state index contributed by atoms with van der Waals surface area (Å²) in [6.45, 7) is 0. The zero-order valence-corrected chi connectivity index (χ0v) is 16.4. The van der Waals surface area contributed by atoms with Crippen LogP contribution < -0.4 is 4.74 Å². The molecule has 0 bridgehead atoms. The molecule has 1 aromatic carbocycles. The molecule has 5 rings (SSSR count). The molecular weight excluding hydrogens is 412 g/mol. The third-order valence-electron chi connectivity index (χ3n) is 6.12. The summed E-state index contributed by atoms with van der Waals surface area (Å²) in [5, 5.41) is 17.4. The molecule has 2 aliphatic carbocycles. The number of alkyl halides is 3. The number of ether oxygens (including phenoxy) is 1. The van der Waals surface area contributed by atoms with Gasteiger partial charge in [0.2, 0.25) is 0 Å². The third-order valence-corrected chi connectivity index (χ3v) is 6.12. The average Bonchev–Trinajstić information content (AvgIpc) is 3.43. The van der Waals surface area contributed by atoms with Gasteiger partial charge in [0.25, 0.3) is 0 Å². The number of nitriles is 1. The van der Waals surface area contributed by atoms with E-state index in [1.165, 1.54) is 40.9 Å². The standard InChI is InChI=1S/C22H18F4N4O/c23-15-5-3-14(4-6-15)21(12-27)10-16(11-21)31-17-7-8-30-18(9-13-1-2-13)28-29-20(30)19(17)22(24,25)26/h3-8,13,16H,1-2,9-11H2/t16-,21+. The van der Waals surface area contributed by atoms with Crippen molar-refractivity contribution in [1.82, 2.24) is 14.6 Å². The summed E-state index contributed by atoms with van der Waals surface area (Å²) in [5.41, 5.74) is -1.50. The van der Waals surface area contributed by atoms with Crippen LogP contribution in [0.1, 0.15) is 42.6 Å². The maximum absolute atomic E-state index is 13.9. The zero-order valence-electron chi connectivity index (χ0n) is 16.4. The summed E-state index contributed by atoms with van der Waals surface area (Å²) in [4.78, 5) is 0. The molecule has 0 radical (unpaired) electrons.